The summed E-state index contributed by atoms with van der Waals surface area (Å²) in [5, 5.41) is 0. The van der Waals surface area contributed by atoms with Gasteiger partial charge in [-0.25, -0.2) is 4.57 Å². The Morgan fingerprint density at radius 1 is 1.09 bits per heavy atom. The molecule has 0 unspecified atom stereocenters. The Balaban J connectivity index is -0.0000000383. The Kier molecular flexibility index (Phi) is 25.7. The van der Waals surface area contributed by atoms with Crippen LogP contribution in [-0.2, 0) is 35.2 Å². The topological polar surface area (TPSA) is 135 Å². The Morgan fingerprint density at radius 3 is 1.09 bits per heavy atom. The van der Waals surface area contributed by atoms with Gasteiger partial charge in [0.05, 0.1) is 0 Å². The summed E-state index contributed by atoms with van der Waals surface area (Å²) >= 11 is 0. The minimum Gasteiger partial charge on any atom is 0 e. The second-order valence-electron chi connectivity index (χ2n) is 0.796. The first-order chi connectivity index (χ1) is 3.73. The molecule has 0 heterocycles. The molecule has 0 radical (unpaired) electrons. The van der Waals surface area contributed by atoms with Gasteiger partial charge < -0.3 is 24.3 Å². The normalized spacial score (nSPS) is 7.55. The first kappa shape index (κ1) is 23.2. The predicted octanol–water partition coefficient (Wildman–Crippen LogP) is -3.46. The van der Waals surface area contributed by atoms with Crippen molar-refractivity contribution in [3.05, 3.63) is 0 Å². The van der Waals surface area contributed by atoms with Gasteiger partial charge in [0, 0.05) is 26.2 Å². The summed E-state index contributed by atoms with van der Waals surface area (Å²) in [6, 6.07) is 0. The Hall–Kier alpha value is 2.18. The second kappa shape index (κ2) is 12.2. The van der Waals surface area contributed by atoms with Crippen molar-refractivity contribution in [2.75, 3.05) is 0 Å². The van der Waals surface area contributed by atoms with Crippen LogP contribution in [0, 0.1) is 0 Å². The largest absolute Gasteiger partial charge is 0 e. The third kappa shape index (κ3) is 265. The zero-order valence-corrected chi connectivity index (χ0v) is 8.85. The van der Waals surface area contributed by atoms with Crippen molar-refractivity contribution < 1.29 is 59.5 Å². The zero-order chi connectivity index (χ0) is 8.08. The molecule has 5 N–H and O–H groups in total. The number of hydrogen-bond acceptors (Lipinski definition) is 2. The summed E-state index contributed by atoms with van der Waals surface area (Å²) in [5.41, 5.74) is 0. The molecule has 0 amide bonds. The van der Waals surface area contributed by atoms with Crippen molar-refractivity contribution in [2.24, 2.45) is 0 Å². The molecule has 0 spiro atoms. The first-order valence-electron chi connectivity index (χ1n) is 1.43. The van der Waals surface area contributed by atoms with Gasteiger partial charge in [0.2, 0.25) is 0 Å². The number of phosphoric acid groups is 1. The molecule has 11 heavy (non-hydrogen) atoms. The molecule has 0 rings (SSSR count). The maximum absolute atomic E-state index is 8.88. The summed E-state index contributed by atoms with van der Waals surface area (Å²) in [5.74, 6) is 0. The van der Waals surface area contributed by atoms with Gasteiger partial charge in [0.15, 0.2) is 0 Å². The SMILES string of the molecule is O=P(O)(O)O.O=[Si](O)O.[BaH2].[Zr]. The van der Waals surface area contributed by atoms with Gasteiger partial charge in [0.1, 0.15) is 0 Å². The van der Waals surface area contributed by atoms with E-state index in [0.717, 1.165) is 0 Å². The van der Waals surface area contributed by atoms with E-state index in [2.05, 4.69) is 0 Å². The summed E-state index contributed by atoms with van der Waals surface area (Å²) in [4.78, 5) is 35.9. The van der Waals surface area contributed by atoms with Gasteiger partial charge >= 0.3 is 65.9 Å². The quantitative estimate of drug-likeness (QED) is 0.208. The molecule has 64 valence electrons. The van der Waals surface area contributed by atoms with Crippen molar-refractivity contribution in [3.8, 4) is 0 Å². The van der Waals surface area contributed by atoms with Crippen LogP contribution in [0.5, 0.6) is 0 Å². The fraction of sp³-hybridized carbons (Fsp3) is 0. The molecular weight excluding hydrogens is 400 g/mol. The Labute approximate surface area is 123 Å². The van der Waals surface area contributed by atoms with E-state index >= 15 is 0 Å². The maximum atomic E-state index is 8.88. The Bertz CT molecular complexity index is 118. The van der Waals surface area contributed by atoms with Crippen LogP contribution in [-0.4, -0.2) is 82.3 Å². The van der Waals surface area contributed by atoms with E-state index in [-0.39, 0.29) is 75.1 Å². The van der Waals surface area contributed by atoms with Crippen LogP contribution < -0.4 is 0 Å². The Morgan fingerprint density at radius 2 is 1.09 bits per heavy atom. The van der Waals surface area contributed by atoms with E-state index in [9.17, 15) is 0 Å². The van der Waals surface area contributed by atoms with E-state index < -0.39 is 17.0 Å². The molecule has 0 aliphatic rings. The summed E-state index contributed by atoms with van der Waals surface area (Å²) < 4.78 is 17.6. The molecule has 11 heteroatoms. The van der Waals surface area contributed by atoms with Crippen molar-refractivity contribution >= 4 is 65.9 Å². The molecule has 0 atom stereocenters. The van der Waals surface area contributed by atoms with E-state index in [1.807, 2.05) is 0 Å². The van der Waals surface area contributed by atoms with E-state index in [1.165, 1.54) is 0 Å². The third-order valence-electron chi connectivity index (χ3n) is 0. The van der Waals surface area contributed by atoms with Crippen LogP contribution in [0.4, 0.5) is 0 Å². The van der Waals surface area contributed by atoms with Crippen LogP contribution in [0.2, 0.25) is 0 Å². The summed E-state index contributed by atoms with van der Waals surface area (Å²) in [6.45, 7) is 0. The van der Waals surface area contributed by atoms with Crippen molar-refractivity contribution in [1.29, 1.82) is 0 Å². The smallest absolute Gasteiger partial charge is 0 e. The fourth-order valence-electron chi connectivity index (χ4n) is 0. The van der Waals surface area contributed by atoms with Gasteiger partial charge in [-0.2, -0.15) is 0 Å². The van der Waals surface area contributed by atoms with Crippen LogP contribution in [0.15, 0.2) is 0 Å². The molecule has 0 aromatic rings. The molecule has 0 fully saturated rings. The molecule has 0 bridgehead atoms. The zero-order valence-electron chi connectivity index (χ0n) is 4.50. The first-order valence-corrected chi connectivity index (χ1v) is 4.30. The molecule has 0 saturated heterocycles. The van der Waals surface area contributed by atoms with Crippen molar-refractivity contribution in [2.45, 2.75) is 0 Å². The van der Waals surface area contributed by atoms with Gasteiger partial charge in [-0.15, -0.1) is 0 Å². The van der Waals surface area contributed by atoms with E-state index in [0.29, 0.717) is 0 Å². The fourth-order valence-corrected chi connectivity index (χ4v) is 0. The van der Waals surface area contributed by atoms with E-state index in [1.54, 1.807) is 0 Å². The minimum absolute atomic E-state index is 0. The average Bonchev–Trinajstić information content (AvgIpc) is 1.19. The van der Waals surface area contributed by atoms with Gasteiger partial charge in [-0.05, 0) is 0 Å². The van der Waals surface area contributed by atoms with Crippen molar-refractivity contribution in [1.82, 2.24) is 0 Å². The predicted molar refractivity (Wildman–Crippen MR) is 33.7 cm³/mol. The standard InChI is InChI=1S/Ba.H3O4P.H2O3Si.Zr.2H/c;1-5(2,3)4;1-4(2)3;;;/h;(H3,1,2,3,4);1-2H;;;. The molecule has 0 aromatic carbocycles. The van der Waals surface area contributed by atoms with Gasteiger partial charge in [0.25, 0.3) is 0 Å². The third-order valence-corrected chi connectivity index (χ3v) is 0. The number of rotatable bonds is 0. The van der Waals surface area contributed by atoms with Crippen LogP contribution in [0.3, 0.4) is 0 Å². The van der Waals surface area contributed by atoms with Crippen LogP contribution in [0.25, 0.3) is 0 Å². The van der Waals surface area contributed by atoms with Gasteiger partial charge in [-0.3, -0.25) is 4.46 Å². The molecule has 7 nitrogen and oxygen atoms in total. The van der Waals surface area contributed by atoms with Crippen molar-refractivity contribution in [3.63, 3.8) is 0 Å². The molecule has 0 saturated carbocycles. The maximum Gasteiger partial charge on any atom is 0 e. The average molecular weight is 407 g/mol. The summed E-state index contributed by atoms with van der Waals surface area (Å²) in [6.07, 6.45) is 0. The van der Waals surface area contributed by atoms with Crippen LogP contribution in [0.1, 0.15) is 0 Å². The second-order valence-corrected chi connectivity index (χ2v) is 2.39. The molecule has 0 aliphatic carbocycles. The minimum atomic E-state index is -4.64. The van der Waals surface area contributed by atoms with E-state index in [4.69, 9.17) is 33.3 Å². The molecule has 0 aromatic heterocycles. The molecular formula is H7BaO7PSiZr. The number of hydrogen-bond donors (Lipinski definition) is 5. The van der Waals surface area contributed by atoms with Gasteiger partial charge in [-0.1, -0.05) is 0 Å². The van der Waals surface area contributed by atoms with Crippen LogP contribution >= 0.6 is 7.82 Å². The summed E-state index contributed by atoms with van der Waals surface area (Å²) in [7, 11) is -7.77. The molecule has 0 aliphatic heterocycles. The monoisotopic (exact) mass is 406 g/mol.